The van der Waals surface area contributed by atoms with E-state index in [1.807, 2.05) is 6.92 Å². The SMILES string of the molecule is COc1cc(OC)c2c(C)c(Cc3c(Cl)cccc3Cl)c(=O)oc2c1. The Labute approximate surface area is 154 Å². The minimum Gasteiger partial charge on any atom is -0.496 e. The van der Waals surface area contributed by atoms with Crippen LogP contribution in [-0.2, 0) is 6.42 Å². The first kappa shape index (κ1) is 17.6. The fraction of sp³-hybridized carbons (Fsp3) is 0.211. The molecule has 130 valence electrons. The topological polar surface area (TPSA) is 48.7 Å². The zero-order valence-corrected chi connectivity index (χ0v) is 15.5. The Morgan fingerprint density at radius 2 is 1.72 bits per heavy atom. The number of hydrogen-bond acceptors (Lipinski definition) is 4. The molecule has 0 atom stereocenters. The van der Waals surface area contributed by atoms with Crippen LogP contribution in [0.5, 0.6) is 11.5 Å². The second-order valence-electron chi connectivity index (χ2n) is 5.57. The molecule has 0 saturated heterocycles. The highest BCUT2D eigenvalue weighted by Gasteiger charge is 2.18. The molecule has 3 rings (SSSR count). The van der Waals surface area contributed by atoms with E-state index >= 15 is 0 Å². The Kier molecular flexibility index (Phi) is 4.93. The van der Waals surface area contributed by atoms with Gasteiger partial charge in [0.2, 0.25) is 0 Å². The molecule has 0 aliphatic carbocycles. The van der Waals surface area contributed by atoms with Gasteiger partial charge in [-0.15, -0.1) is 0 Å². The average Bonchev–Trinajstić information content (AvgIpc) is 2.59. The summed E-state index contributed by atoms with van der Waals surface area (Å²) in [5.41, 5.74) is 1.92. The quantitative estimate of drug-likeness (QED) is 0.598. The van der Waals surface area contributed by atoms with E-state index in [9.17, 15) is 4.79 Å². The lowest BCUT2D eigenvalue weighted by molar-refractivity contribution is 0.395. The van der Waals surface area contributed by atoms with Crippen LogP contribution < -0.4 is 15.1 Å². The number of halogens is 2. The molecule has 0 unspecified atom stereocenters. The van der Waals surface area contributed by atoms with Gasteiger partial charge < -0.3 is 13.9 Å². The minimum absolute atomic E-state index is 0.276. The molecule has 1 heterocycles. The van der Waals surface area contributed by atoms with Crippen molar-refractivity contribution in [1.82, 2.24) is 0 Å². The van der Waals surface area contributed by atoms with Gasteiger partial charge in [-0.05, 0) is 30.2 Å². The first-order chi connectivity index (χ1) is 12.0. The third kappa shape index (κ3) is 3.20. The molecule has 6 heteroatoms. The molecule has 0 amide bonds. The van der Waals surface area contributed by atoms with Crippen molar-refractivity contribution in [3.63, 3.8) is 0 Å². The van der Waals surface area contributed by atoms with E-state index in [4.69, 9.17) is 37.1 Å². The number of ether oxygens (including phenoxy) is 2. The lowest BCUT2D eigenvalue weighted by Crippen LogP contribution is -2.12. The molecule has 0 fully saturated rings. The van der Waals surface area contributed by atoms with Crippen LogP contribution in [0.2, 0.25) is 10.0 Å². The molecule has 0 aliphatic heterocycles. The molecule has 0 radical (unpaired) electrons. The van der Waals surface area contributed by atoms with Crippen molar-refractivity contribution in [3.8, 4) is 11.5 Å². The molecule has 1 aromatic heterocycles. The van der Waals surface area contributed by atoms with Crippen molar-refractivity contribution < 1.29 is 13.9 Å². The number of fused-ring (bicyclic) bond motifs is 1. The normalized spacial score (nSPS) is 10.9. The van der Waals surface area contributed by atoms with Gasteiger partial charge in [0.05, 0.1) is 19.6 Å². The lowest BCUT2D eigenvalue weighted by Gasteiger charge is -2.13. The first-order valence-electron chi connectivity index (χ1n) is 7.57. The van der Waals surface area contributed by atoms with Crippen molar-refractivity contribution in [2.75, 3.05) is 14.2 Å². The fourth-order valence-electron chi connectivity index (χ4n) is 2.84. The van der Waals surface area contributed by atoms with Crippen LogP contribution in [0, 0.1) is 6.92 Å². The highest BCUT2D eigenvalue weighted by Crippen LogP contribution is 2.35. The number of methoxy groups -OCH3 is 2. The molecule has 25 heavy (non-hydrogen) atoms. The molecule has 0 aliphatic rings. The maximum absolute atomic E-state index is 12.5. The summed E-state index contributed by atoms with van der Waals surface area (Å²) in [4.78, 5) is 12.5. The Morgan fingerprint density at radius 1 is 1.04 bits per heavy atom. The summed E-state index contributed by atoms with van der Waals surface area (Å²) in [7, 11) is 3.10. The van der Waals surface area contributed by atoms with Gasteiger partial charge in [0.15, 0.2) is 0 Å². The van der Waals surface area contributed by atoms with E-state index in [1.54, 1.807) is 44.6 Å². The Balaban J connectivity index is 2.25. The van der Waals surface area contributed by atoms with Crippen molar-refractivity contribution >= 4 is 34.2 Å². The van der Waals surface area contributed by atoms with Gasteiger partial charge >= 0.3 is 5.63 Å². The van der Waals surface area contributed by atoms with Gasteiger partial charge in [-0.1, -0.05) is 29.3 Å². The summed E-state index contributed by atoms with van der Waals surface area (Å²) in [6, 6.07) is 8.66. The Bertz CT molecular complexity index is 988. The van der Waals surface area contributed by atoms with Crippen LogP contribution in [0.3, 0.4) is 0 Å². The lowest BCUT2D eigenvalue weighted by atomic mass is 9.99. The summed E-state index contributed by atoms with van der Waals surface area (Å²) in [5.74, 6) is 1.12. The van der Waals surface area contributed by atoms with Crippen LogP contribution in [0.15, 0.2) is 39.5 Å². The Hall–Kier alpha value is -2.17. The zero-order chi connectivity index (χ0) is 18.1. The maximum atomic E-state index is 12.5. The molecular formula is C19H16Cl2O4. The number of aryl methyl sites for hydroxylation is 1. The first-order valence-corrected chi connectivity index (χ1v) is 8.33. The van der Waals surface area contributed by atoms with Crippen molar-refractivity contribution in [2.45, 2.75) is 13.3 Å². The third-order valence-corrected chi connectivity index (χ3v) is 4.90. The molecule has 0 saturated carbocycles. The largest absolute Gasteiger partial charge is 0.496 e. The zero-order valence-electron chi connectivity index (χ0n) is 14.0. The van der Waals surface area contributed by atoms with Crippen molar-refractivity contribution in [1.29, 1.82) is 0 Å². The predicted octanol–water partition coefficient (Wildman–Crippen LogP) is 5.02. The molecule has 0 spiro atoms. The van der Waals surface area contributed by atoms with Crippen LogP contribution in [-0.4, -0.2) is 14.2 Å². The van der Waals surface area contributed by atoms with Crippen LogP contribution in [0.1, 0.15) is 16.7 Å². The van der Waals surface area contributed by atoms with E-state index in [1.165, 1.54) is 0 Å². The predicted molar refractivity (Wildman–Crippen MR) is 99.6 cm³/mol. The van der Waals surface area contributed by atoms with E-state index in [0.29, 0.717) is 38.3 Å². The van der Waals surface area contributed by atoms with Gasteiger partial charge in [0, 0.05) is 34.2 Å². The summed E-state index contributed by atoms with van der Waals surface area (Å²) < 4.78 is 16.2. The van der Waals surface area contributed by atoms with Crippen molar-refractivity contribution in [2.24, 2.45) is 0 Å². The average molecular weight is 379 g/mol. The summed E-state index contributed by atoms with van der Waals surface area (Å²) in [6.45, 7) is 1.86. The van der Waals surface area contributed by atoms with Crippen LogP contribution in [0.4, 0.5) is 0 Å². The number of hydrogen-bond donors (Lipinski definition) is 0. The Morgan fingerprint density at radius 3 is 2.32 bits per heavy atom. The van der Waals surface area contributed by atoms with Crippen LogP contribution in [0.25, 0.3) is 11.0 Å². The molecular weight excluding hydrogens is 363 g/mol. The third-order valence-electron chi connectivity index (χ3n) is 4.19. The fourth-order valence-corrected chi connectivity index (χ4v) is 3.37. The van der Waals surface area contributed by atoms with E-state index in [0.717, 1.165) is 10.9 Å². The minimum atomic E-state index is -0.434. The number of benzene rings is 2. The van der Waals surface area contributed by atoms with E-state index in [-0.39, 0.29) is 6.42 Å². The molecule has 3 aromatic rings. The molecule has 0 N–H and O–H groups in total. The van der Waals surface area contributed by atoms with Gasteiger partial charge in [-0.25, -0.2) is 4.79 Å². The molecule has 4 nitrogen and oxygen atoms in total. The number of rotatable bonds is 4. The monoisotopic (exact) mass is 378 g/mol. The second kappa shape index (κ2) is 6.98. The standard InChI is InChI=1S/C19H16Cl2O4/c1-10-12(9-13-14(20)5-4-6-15(13)21)19(22)25-17-8-11(23-2)7-16(24-3)18(10)17/h4-8H,9H2,1-3H3. The summed E-state index contributed by atoms with van der Waals surface area (Å²) >= 11 is 12.5. The highest BCUT2D eigenvalue weighted by atomic mass is 35.5. The van der Waals surface area contributed by atoms with E-state index in [2.05, 4.69) is 0 Å². The smallest absolute Gasteiger partial charge is 0.340 e. The van der Waals surface area contributed by atoms with Gasteiger partial charge in [0.1, 0.15) is 17.1 Å². The van der Waals surface area contributed by atoms with Gasteiger partial charge in [0.25, 0.3) is 0 Å². The maximum Gasteiger partial charge on any atom is 0.340 e. The second-order valence-corrected chi connectivity index (χ2v) is 6.39. The summed E-state index contributed by atoms with van der Waals surface area (Å²) in [5, 5.41) is 1.74. The van der Waals surface area contributed by atoms with Crippen molar-refractivity contribution in [3.05, 3.63) is 67.5 Å². The van der Waals surface area contributed by atoms with E-state index < -0.39 is 5.63 Å². The van der Waals surface area contributed by atoms with Gasteiger partial charge in [-0.2, -0.15) is 0 Å². The van der Waals surface area contributed by atoms with Gasteiger partial charge in [-0.3, -0.25) is 0 Å². The van der Waals surface area contributed by atoms with Crippen LogP contribution >= 0.6 is 23.2 Å². The highest BCUT2D eigenvalue weighted by molar-refractivity contribution is 6.36. The summed E-state index contributed by atoms with van der Waals surface area (Å²) in [6.07, 6.45) is 0.276. The molecule has 2 aromatic carbocycles. The molecule has 0 bridgehead atoms.